The number of aryl methyl sites for hydroxylation is 4. The van der Waals surface area contributed by atoms with E-state index in [-0.39, 0.29) is 0 Å². The zero-order chi connectivity index (χ0) is 35.3. The molecule has 0 N–H and O–H groups in total. The third-order valence-corrected chi connectivity index (χ3v) is 10.6. The van der Waals surface area contributed by atoms with Gasteiger partial charge in [-0.3, -0.25) is 0 Å². The third kappa shape index (κ3) is 13.3. The van der Waals surface area contributed by atoms with Crippen LogP contribution in [0, 0.1) is 0 Å². The second kappa shape index (κ2) is 23.8. The fourth-order valence-corrected chi connectivity index (χ4v) is 7.71. The van der Waals surface area contributed by atoms with Gasteiger partial charge in [-0.25, -0.2) is 4.70 Å². The Bertz CT molecular complexity index is 1330. The minimum Gasteiger partial charge on any atom is -0.493 e. The normalized spacial score (nSPS) is 13.4. The molecule has 0 saturated heterocycles. The van der Waals surface area contributed by atoms with Crippen molar-refractivity contribution >= 4 is 11.4 Å². The number of hydrogen-bond donors (Lipinski definition) is 0. The van der Waals surface area contributed by atoms with Gasteiger partial charge in [0.05, 0.1) is 0 Å². The molecule has 0 radical (unpaired) electrons. The lowest BCUT2D eigenvalue weighted by Crippen LogP contribution is -2.05. The molecule has 2 aromatic carbocycles. The second-order valence-electron chi connectivity index (χ2n) is 15.1. The van der Waals surface area contributed by atoms with Gasteiger partial charge in [-0.15, -0.1) is 0 Å². The molecule has 272 valence electrons. The summed E-state index contributed by atoms with van der Waals surface area (Å²) in [4.78, 5) is 0. The molecule has 49 heavy (non-hydrogen) atoms. The van der Waals surface area contributed by atoms with Crippen LogP contribution in [0.25, 0.3) is 16.9 Å². The van der Waals surface area contributed by atoms with E-state index in [0.717, 1.165) is 49.9 Å². The van der Waals surface area contributed by atoms with Gasteiger partial charge in [-0.2, -0.15) is 0 Å². The number of nitrogens with zero attached hydrogens (tertiary/aromatic N) is 2. The lowest BCUT2D eigenvalue weighted by Gasteiger charge is -2.15. The Kier molecular flexibility index (Phi) is 19.9. The average molecular weight is 667 g/mol. The average Bonchev–Trinajstić information content (AvgIpc) is 3.38. The Morgan fingerprint density at radius 1 is 0.347 bits per heavy atom. The van der Waals surface area contributed by atoms with Gasteiger partial charge in [0.2, 0.25) is 11.4 Å². The summed E-state index contributed by atoms with van der Waals surface area (Å²) in [5.74, 6) is 0. The van der Waals surface area contributed by atoms with Crippen LogP contribution < -0.4 is 0 Å². The molecule has 3 rings (SSSR count). The summed E-state index contributed by atoms with van der Waals surface area (Å²) in [7, 11) is 0. The Balaban J connectivity index is 2.19. The Labute approximate surface area is 303 Å². The molecule has 0 saturated carbocycles. The van der Waals surface area contributed by atoms with Crippen LogP contribution in [0.4, 0.5) is 0 Å². The zero-order valence-electron chi connectivity index (χ0n) is 33.0. The van der Waals surface area contributed by atoms with E-state index >= 15 is 0 Å². The molecule has 0 aliphatic carbocycles. The Morgan fingerprint density at radius 2 is 0.633 bits per heavy atom. The number of unbranched alkanes of at least 4 members (excludes halogenated alkanes) is 13. The first-order chi connectivity index (χ1) is 24.0. The molecule has 2 nitrogen and oxygen atoms in total. The van der Waals surface area contributed by atoms with Gasteiger partial charge >= 0.3 is 0 Å². The molecule has 0 fully saturated rings. The van der Waals surface area contributed by atoms with Crippen LogP contribution in [0.5, 0.6) is 0 Å². The SMILES string of the molecule is CCCCCCC1=C(c2cc(CCCC)cc(CCCCCC)c2)[N+](=[N-])C(c2cc(CCCC)cc(CCCCCC)c2)=C1CCCCC. The lowest BCUT2D eigenvalue weighted by atomic mass is 9.89. The zero-order valence-corrected chi connectivity index (χ0v) is 33.0. The number of hydrogen-bond acceptors (Lipinski definition) is 0. The van der Waals surface area contributed by atoms with E-state index < -0.39 is 0 Å². The van der Waals surface area contributed by atoms with Crippen LogP contribution in [0.2, 0.25) is 0 Å². The van der Waals surface area contributed by atoms with Crippen molar-refractivity contribution in [2.24, 2.45) is 0 Å². The quantitative estimate of drug-likeness (QED) is 0.0670. The van der Waals surface area contributed by atoms with Crippen LogP contribution in [-0.4, -0.2) is 4.70 Å². The molecule has 0 amide bonds. The number of rotatable bonds is 27. The maximum atomic E-state index is 12.6. The molecule has 0 spiro atoms. The molecule has 2 aromatic rings. The Morgan fingerprint density at radius 3 is 0.980 bits per heavy atom. The van der Waals surface area contributed by atoms with Gasteiger partial charge in [0.25, 0.3) is 0 Å². The summed E-state index contributed by atoms with van der Waals surface area (Å²) in [6.07, 6.45) is 30.2. The summed E-state index contributed by atoms with van der Waals surface area (Å²) in [6.45, 7) is 13.8. The molecule has 0 bridgehead atoms. The van der Waals surface area contributed by atoms with Gasteiger partial charge in [-0.1, -0.05) is 137 Å². The highest BCUT2D eigenvalue weighted by Crippen LogP contribution is 2.45. The molecule has 1 aliphatic rings. The first kappa shape index (κ1) is 40.9. The minimum atomic E-state index is 1.04. The lowest BCUT2D eigenvalue weighted by molar-refractivity contribution is -0.345. The van der Waals surface area contributed by atoms with Crippen LogP contribution in [0.3, 0.4) is 0 Å². The minimum absolute atomic E-state index is 1.04. The molecule has 0 aromatic heterocycles. The monoisotopic (exact) mass is 667 g/mol. The van der Waals surface area contributed by atoms with Crippen molar-refractivity contribution in [2.75, 3.05) is 0 Å². The van der Waals surface area contributed by atoms with Gasteiger partial charge in [0.1, 0.15) is 0 Å². The largest absolute Gasteiger partial charge is 0.493 e. The van der Waals surface area contributed by atoms with Crippen LogP contribution in [-0.2, 0) is 25.7 Å². The Hall–Kier alpha value is -2.48. The second-order valence-corrected chi connectivity index (χ2v) is 15.1. The van der Waals surface area contributed by atoms with Gasteiger partial charge in [0, 0.05) is 22.3 Å². The van der Waals surface area contributed by atoms with E-state index in [1.54, 1.807) is 4.70 Å². The van der Waals surface area contributed by atoms with E-state index in [1.165, 1.54) is 167 Å². The summed E-state index contributed by atoms with van der Waals surface area (Å²) >= 11 is 0. The van der Waals surface area contributed by atoms with E-state index in [2.05, 4.69) is 77.9 Å². The van der Waals surface area contributed by atoms with Crippen LogP contribution in [0.15, 0.2) is 47.5 Å². The first-order valence-electron chi connectivity index (χ1n) is 21.2. The molecule has 1 heterocycles. The highest BCUT2D eigenvalue weighted by atomic mass is 15.2. The molecular formula is C47H74N2. The van der Waals surface area contributed by atoms with Gasteiger partial charge in [0.15, 0.2) is 0 Å². The van der Waals surface area contributed by atoms with Crippen molar-refractivity contribution in [1.82, 2.24) is 0 Å². The molecule has 1 aliphatic heterocycles. The van der Waals surface area contributed by atoms with Crippen LogP contribution >= 0.6 is 0 Å². The van der Waals surface area contributed by atoms with E-state index in [0.29, 0.717) is 0 Å². The van der Waals surface area contributed by atoms with Crippen LogP contribution in [0.1, 0.15) is 210 Å². The predicted octanol–water partition coefficient (Wildman–Crippen LogP) is 15.3. The van der Waals surface area contributed by atoms with Crippen molar-refractivity contribution in [2.45, 2.75) is 202 Å². The fourth-order valence-electron chi connectivity index (χ4n) is 7.71. The number of benzene rings is 2. The van der Waals surface area contributed by atoms with Gasteiger partial charge in [-0.05, 0) is 124 Å². The summed E-state index contributed by atoms with van der Waals surface area (Å²) in [6, 6.07) is 14.7. The van der Waals surface area contributed by atoms with Crippen molar-refractivity contribution in [3.05, 3.63) is 86.5 Å². The summed E-state index contributed by atoms with van der Waals surface area (Å²) in [5, 5.41) is 0. The fraction of sp³-hybridized carbons (Fsp3) is 0.660. The summed E-state index contributed by atoms with van der Waals surface area (Å²) < 4.78 is 1.68. The maximum Gasteiger partial charge on any atom is 0.211 e. The molecule has 2 heteroatoms. The van der Waals surface area contributed by atoms with Crippen molar-refractivity contribution in [1.29, 1.82) is 0 Å². The molecule has 0 atom stereocenters. The van der Waals surface area contributed by atoms with E-state index in [1.807, 2.05) is 0 Å². The van der Waals surface area contributed by atoms with Gasteiger partial charge < -0.3 is 5.53 Å². The predicted molar refractivity (Wildman–Crippen MR) is 216 cm³/mol. The van der Waals surface area contributed by atoms with Crippen molar-refractivity contribution in [3.8, 4) is 0 Å². The highest BCUT2D eigenvalue weighted by Gasteiger charge is 2.35. The van der Waals surface area contributed by atoms with Crippen molar-refractivity contribution in [3.63, 3.8) is 0 Å². The first-order valence-corrected chi connectivity index (χ1v) is 21.2. The maximum absolute atomic E-state index is 12.6. The smallest absolute Gasteiger partial charge is 0.211 e. The third-order valence-electron chi connectivity index (χ3n) is 10.6. The topological polar surface area (TPSA) is 25.3 Å². The highest BCUT2D eigenvalue weighted by molar-refractivity contribution is 5.82. The summed E-state index contributed by atoms with van der Waals surface area (Å²) in [5.41, 5.74) is 25.8. The number of allylic oxidation sites excluding steroid dienone is 2. The van der Waals surface area contributed by atoms with E-state index in [9.17, 15) is 5.53 Å². The van der Waals surface area contributed by atoms with E-state index in [4.69, 9.17) is 0 Å². The van der Waals surface area contributed by atoms with Crippen molar-refractivity contribution < 1.29 is 4.70 Å². The molecular weight excluding hydrogens is 593 g/mol. The standard InChI is InChI=1S/C47H74N2/c1-7-13-19-23-28-40-32-38(26-17-11-5)34-42(36-40)46-44(30-22-16-10-4)45(31-25-21-15-9-3)47(49(46)48)43-35-39(27-18-12-6)33-41(37-43)29-24-20-14-8-2/h32-37H,7-31H2,1-6H3. The molecule has 0 unspecified atom stereocenters.